The van der Waals surface area contributed by atoms with E-state index in [-0.39, 0.29) is 5.91 Å². The highest BCUT2D eigenvalue weighted by atomic mass is 16.5. The normalized spacial score (nSPS) is 22.3. The van der Waals surface area contributed by atoms with Crippen LogP contribution in [0.25, 0.3) is 0 Å². The summed E-state index contributed by atoms with van der Waals surface area (Å²) in [6.45, 7) is 8.56. The first-order valence-corrected chi connectivity index (χ1v) is 8.19. The molecular formula is C18H28N2O2. The highest BCUT2D eigenvalue weighted by molar-refractivity contribution is 5.79. The minimum absolute atomic E-state index is 0.0580. The van der Waals surface area contributed by atoms with E-state index < -0.39 is 0 Å². The van der Waals surface area contributed by atoms with Crippen molar-refractivity contribution in [3.63, 3.8) is 0 Å². The minimum atomic E-state index is 0.0580. The molecule has 2 unspecified atom stereocenters. The van der Waals surface area contributed by atoms with Crippen molar-refractivity contribution in [1.82, 2.24) is 10.2 Å². The van der Waals surface area contributed by atoms with Crippen LogP contribution in [-0.4, -0.2) is 44.1 Å². The number of para-hydroxylation sites is 1. The molecule has 1 aromatic carbocycles. The first-order chi connectivity index (χ1) is 10.6. The van der Waals surface area contributed by atoms with E-state index in [1.807, 2.05) is 24.3 Å². The van der Waals surface area contributed by atoms with Gasteiger partial charge in [0.05, 0.1) is 13.5 Å². The topological polar surface area (TPSA) is 41.6 Å². The molecule has 4 nitrogen and oxygen atoms in total. The van der Waals surface area contributed by atoms with Gasteiger partial charge in [0.1, 0.15) is 5.75 Å². The third-order valence-electron chi connectivity index (χ3n) is 4.24. The number of benzene rings is 1. The number of carbonyl (C=O) groups is 1. The summed E-state index contributed by atoms with van der Waals surface area (Å²) >= 11 is 0. The molecule has 1 aromatic rings. The first-order valence-electron chi connectivity index (χ1n) is 8.19. The van der Waals surface area contributed by atoms with E-state index in [0.717, 1.165) is 42.8 Å². The Hall–Kier alpha value is -1.55. The Balaban J connectivity index is 1.74. The number of piperidine rings is 1. The lowest BCUT2D eigenvalue weighted by atomic mass is 9.92. The van der Waals surface area contributed by atoms with Crippen LogP contribution in [0.4, 0.5) is 0 Å². The highest BCUT2D eigenvalue weighted by Crippen LogP contribution is 2.20. The molecule has 0 bridgehead atoms. The summed E-state index contributed by atoms with van der Waals surface area (Å²) in [5.74, 6) is 2.35. The molecule has 1 aliphatic rings. The highest BCUT2D eigenvalue weighted by Gasteiger charge is 2.21. The maximum absolute atomic E-state index is 12.1. The molecule has 1 heterocycles. The predicted octanol–water partition coefficient (Wildman–Crippen LogP) is 2.33. The standard InChI is InChI=1S/C18H28N2O2/c1-14-10-15(2)13-20(12-14)9-8-19-18(21)11-16-6-4-5-7-17(16)22-3/h4-7,14-15H,8-13H2,1-3H3,(H,19,21). The lowest BCUT2D eigenvalue weighted by Crippen LogP contribution is -2.43. The molecule has 1 saturated heterocycles. The zero-order valence-electron chi connectivity index (χ0n) is 14.0. The third-order valence-corrected chi connectivity index (χ3v) is 4.24. The second kappa shape index (κ2) is 8.18. The van der Waals surface area contributed by atoms with Crippen LogP contribution >= 0.6 is 0 Å². The van der Waals surface area contributed by atoms with Crippen molar-refractivity contribution in [2.45, 2.75) is 26.7 Å². The SMILES string of the molecule is COc1ccccc1CC(=O)NCCN1CC(C)CC(C)C1. The zero-order chi connectivity index (χ0) is 15.9. The first kappa shape index (κ1) is 16.8. The van der Waals surface area contributed by atoms with Crippen LogP contribution in [0.3, 0.4) is 0 Å². The monoisotopic (exact) mass is 304 g/mol. The Morgan fingerprint density at radius 3 is 2.64 bits per heavy atom. The van der Waals surface area contributed by atoms with E-state index in [1.54, 1.807) is 7.11 Å². The quantitative estimate of drug-likeness (QED) is 0.877. The molecule has 0 aromatic heterocycles. The number of ether oxygens (including phenoxy) is 1. The molecule has 122 valence electrons. The van der Waals surface area contributed by atoms with Crippen LogP contribution in [-0.2, 0) is 11.2 Å². The molecule has 1 aliphatic heterocycles. The predicted molar refractivity (Wildman–Crippen MR) is 89.1 cm³/mol. The Morgan fingerprint density at radius 1 is 1.27 bits per heavy atom. The van der Waals surface area contributed by atoms with Crippen LogP contribution in [0.5, 0.6) is 5.75 Å². The fourth-order valence-electron chi connectivity index (χ4n) is 3.41. The Labute approximate surface area is 133 Å². The van der Waals surface area contributed by atoms with Crippen molar-refractivity contribution < 1.29 is 9.53 Å². The van der Waals surface area contributed by atoms with Gasteiger partial charge in [0, 0.05) is 31.7 Å². The number of carbonyl (C=O) groups excluding carboxylic acids is 1. The molecule has 1 N–H and O–H groups in total. The Kier molecular flexibility index (Phi) is 6.25. The number of hydrogen-bond donors (Lipinski definition) is 1. The molecular weight excluding hydrogens is 276 g/mol. The maximum Gasteiger partial charge on any atom is 0.224 e. The molecule has 0 radical (unpaired) electrons. The molecule has 22 heavy (non-hydrogen) atoms. The van der Waals surface area contributed by atoms with E-state index in [1.165, 1.54) is 6.42 Å². The van der Waals surface area contributed by atoms with Gasteiger partial charge in [-0.1, -0.05) is 32.0 Å². The summed E-state index contributed by atoms with van der Waals surface area (Å²) in [4.78, 5) is 14.5. The molecule has 0 saturated carbocycles. The number of amides is 1. The second-order valence-electron chi connectivity index (χ2n) is 6.54. The summed E-state index contributed by atoms with van der Waals surface area (Å²) in [7, 11) is 1.63. The van der Waals surface area contributed by atoms with Gasteiger partial charge < -0.3 is 15.0 Å². The molecule has 1 amide bonds. The van der Waals surface area contributed by atoms with E-state index in [2.05, 4.69) is 24.1 Å². The van der Waals surface area contributed by atoms with Gasteiger partial charge in [-0.25, -0.2) is 0 Å². The fraction of sp³-hybridized carbons (Fsp3) is 0.611. The molecule has 0 aliphatic carbocycles. The van der Waals surface area contributed by atoms with Gasteiger partial charge in [-0.05, 0) is 24.3 Å². The Morgan fingerprint density at radius 2 is 1.95 bits per heavy atom. The summed E-state index contributed by atoms with van der Waals surface area (Å²) < 4.78 is 5.28. The molecule has 0 spiro atoms. The van der Waals surface area contributed by atoms with Crippen LogP contribution in [0.15, 0.2) is 24.3 Å². The van der Waals surface area contributed by atoms with Gasteiger partial charge in [-0.3, -0.25) is 4.79 Å². The number of hydrogen-bond acceptors (Lipinski definition) is 3. The molecule has 2 rings (SSSR count). The second-order valence-corrected chi connectivity index (χ2v) is 6.54. The van der Waals surface area contributed by atoms with Crippen molar-refractivity contribution in [3.05, 3.63) is 29.8 Å². The van der Waals surface area contributed by atoms with Gasteiger partial charge in [-0.2, -0.15) is 0 Å². The van der Waals surface area contributed by atoms with Crippen molar-refractivity contribution in [3.8, 4) is 5.75 Å². The average molecular weight is 304 g/mol. The van der Waals surface area contributed by atoms with Crippen molar-refractivity contribution in [2.75, 3.05) is 33.3 Å². The molecule has 1 fully saturated rings. The summed E-state index contributed by atoms with van der Waals surface area (Å²) in [5.41, 5.74) is 0.933. The molecule has 2 atom stereocenters. The lowest BCUT2D eigenvalue weighted by Gasteiger charge is -2.34. The van der Waals surface area contributed by atoms with Crippen LogP contribution < -0.4 is 10.1 Å². The lowest BCUT2D eigenvalue weighted by molar-refractivity contribution is -0.120. The number of methoxy groups -OCH3 is 1. The van der Waals surface area contributed by atoms with E-state index in [4.69, 9.17) is 4.74 Å². The average Bonchev–Trinajstić information content (AvgIpc) is 2.46. The number of nitrogens with zero attached hydrogens (tertiary/aromatic N) is 1. The summed E-state index contributed by atoms with van der Waals surface area (Å²) in [6.07, 6.45) is 1.69. The van der Waals surface area contributed by atoms with E-state index in [0.29, 0.717) is 13.0 Å². The number of rotatable bonds is 6. The summed E-state index contributed by atoms with van der Waals surface area (Å²) in [6, 6.07) is 7.67. The van der Waals surface area contributed by atoms with Gasteiger partial charge in [0.25, 0.3) is 0 Å². The van der Waals surface area contributed by atoms with Crippen molar-refractivity contribution in [2.24, 2.45) is 11.8 Å². The van der Waals surface area contributed by atoms with Crippen molar-refractivity contribution in [1.29, 1.82) is 0 Å². The van der Waals surface area contributed by atoms with Gasteiger partial charge in [-0.15, -0.1) is 0 Å². The van der Waals surface area contributed by atoms with Crippen LogP contribution in [0.2, 0.25) is 0 Å². The summed E-state index contributed by atoms with van der Waals surface area (Å²) in [5, 5.41) is 3.02. The number of likely N-dealkylation sites (tertiary alicyclic amines) is 1. The zero-order valence-corrected chi connectivity index (χ0v) is 14.0. The van der Waals surface area contributed by atoms with E-state index >= 15 is 0 Å². The minimum Gasteiger partial charge on any atom is -0.496 e. The van der Waals surface area contributed by atoms with E-state index in [9.17, 15) is 4.79 Å². The van der Waals surface area contributed by atoms with Crippen molar-refractivity contribution >= 4 is 5.91 Å². The third kappa shape index (κ3) is 5.02. The largest absolute Gasteiger partial charge is 0.496 e. The van der Waals surface area contributed by atoms with Crippen LogP contribution in [0.1, 0.15) is 25.8 Å². The van der Waals surface area contributed by atoms with Gasteiger partial charge >= 0.3 is 0 Å². The molecule has 4 heteroatoms. The number of nitrogens with one attached hydrogen (secondary N) is 1. The maximum atomic E-state index is 12.1. The van der Waals surface area contributed by atoms with Gasteiger partial charge in [0.15, 0.2) is 0 Å². The van der Waals surface area contributed by atoms with Gasteiger partial charge in [0.2, 0.25) is 5.91 Å². The van der Waals surface area contributed by atoms with Crippen LogP contribution in [0, 0.1) is 11.8 Å². The smallest absolute Gasteiger partial charge is 0.224 e. The fourth-order valence-corrected chi connectivity index (χ4v) is 3.41. The Bertz CT molecular complexity index is 480.